The summed E-state index contributed by atoms with van der Waals surface area (Å²) in [6.07, 6.45) is 9.50. The molecule has 5 aliphatic carbocycles. The third kappa shape index (κ3) is 1.35. The Balaban J connectivity index is 1.19. The summed E-state index contributed by atoms with van der Waals surface area (Å²) in [5, 5.41) is 2.16. The maximum atomic E-state index is 4.56. The van der Waals surface area contributed by atoms with Crippen LogP contribution < -0.4 is 5.43 Å². The minimum atomic E-state index is 0.474. The normalized spacial score (nSPS) is 50.8. The quantitative estimate of drug-likeness (QED) is 0.723. The highest BCUT2D eigenvalue weighted by atomic mass is 15.5. The van der Waals surface area contributed by atoms with E-state index in [1.807, 2.05) is 6.07 Å². The van der Waals surface area contributed by atoms with Crippen molar-refractivity contribution in [1.82, 2.24) is 10.4 Å². The topological polar surface area (TPSA) is 15.3 Å². The highest BCUT2D eigenvalue weighted by Crippen LogP contribution is 2.99. The monoisotopic (exact) mass is 368 g/mol. The molecule has 8 atom stereocenters. The minimum Gasteiger partial charge on any atom is -0.294 e. The smallest absolute Gasteiger partial charge is 0.0546 e. The van der Waals surface area contributed by atoms with Crippen molar-refractivity contribution in [2.45, 2.75) is 26.2 Å². The molecule has 1 heterocycles. The fourth-order valence-electron chi connectivity index (χ4n) is 8.60. The molecular formula is C26H28N2. The first-order chi connectivity index (χ1) is 13.5. The van der Waals surface area contributed by atoms with Crippen LogP contribution in [-0.4, -0.2) is 5.01 Å². The van der Waals surface area contributed by atoms with Crippen LogP contribution in [0.5, 0.6) is 0 Å². The molecule has 2 heteroatoms. The molecule has 7 rings (SSSR count). The first kappa shape index (κ1) is 15.7. The number of hydrazine groups is 1. The zero-order valence-corrected chi connectivity index (χ0v) is 16.6. The molecule has 0 aromatic heterocycles. The molecule has 1 aromatic rings. The van der Waals surface area contributed by atoms with Gasteiger partial charge in [-0.25, -0.2) is 0 Å². The Hall–Kier alpha value is -2.22. The molecule has 3 spiro atoms. The molecule has 5 fully saturated rings. The highest BCUT2D eigenvalue weighted by Gasteiger charge is 2.93. The van der Waals surface area contributed by atoms with E-state index in [9.17, 15) is 0 Å². The third-order valence-corrected chi connectivity index (χ3v) is 9.96. The SMILES string of the molecule is C=C(NN1C(=C)C2C(C1=C)C1CC3(CC34CC4C)C13C=CC23)c1ccccc1. The summed E-state index contributed by atoms with van der Waals surface area (Å²) in [4.78, 5) is 0. The molecule has 0 amide bonds. The van der Waals surface area contributed by atoms with E-state index in [2.05, 4.69) is 73.5 Å². The van der Waals surface area contributed by atoms with E-state index in [-0.39, 0.29) is 0 Å². The summed E-state index contributed by atoms with van der Waals surface area (Å²) < 4.78 is 0. The Morgan fingerprint density at radius 3 is 2.43 bits per heavy atom. The van der Waals surface area contributed by atoms with E-state index < -0.39 is 0 Å². The summed E-state index contributed by atoms with van der Waals surface area (Å²) in [7, 11) is 0. The Bertz CT molecular complexity index is 1000. The van der Waals surface area contributed by atoms with E-state index in [4.69, 9.17) is 0 Å². The lowest BCUT2D eigenvalue weighted by Gasteiger charge is -2.61. The largest absolute Gasteiger partial charge is 0.294 e. The number of fused-ring (bicyclic) bond motifs is 4. The van der Waals surface area contributed by atoms with Gasteiger partial charge in [0.25, 0.3) is 0 Å². The standard InChI is InChI=1S/C26H28N2/c1-15-12-24(15)14-25(24)13-21-23-18(4)28(27-16(2)19-8-6-5-7-9-19)17(3)22(23)20-10-11-26(20,21)25/h5-11,15,20-23,27H,2-4,12-14H2,1H3. The second-order valence-corrected chi connectivity index (χ2v) is 10.5. The molecule has 0 radical (unpaired) electrons. The molecular weight excluding hydrogens is 340 g/mol. The molecule has 1 aliphatic heterocycles. The summed E-state index contributed by atoms with van der Waals surface area (Å²) >= 11 is 0. The van der Waals surface area contributed by atoms with Crippen LogP contribution in [0.2, 0.25) is 0 Å². The molecule has 142 valence electrons. The van der Waals surface area contributed by atoms with Crippen LogP contribution in [0, 0.1) is 45.8 Å². The van der Waals surface area contributed by atoms with Gasteiger partial charge >= 0.3 is 0 Å². The van der Waals surface area contributed by atoms with Crippen molar-refractivity contribution in [3.8, 4) is 0 Å². The molecule has 1 saturated heterocycles. The van der Waals surface area contributed by atoms with Crippen molar-refractivity contribution in [2.24, 2.45) is 45.8 Å². The first-order valence-corrected chi connectivity index (χ1v) is 10.8. The predicted molar refractivity (Wildman–Crippen MR) is 112 cm³/mol. The van der Waals surface area contributed by atoms with Gasteiger partial charge < -0.3 is 0 Å². The fourth-order valence-corrected chi connectivity index (χ4v) is 8.60. The van der Waals surface area contributed by atoms with Gasteiger partial charge in [-0.3, -0.25) is 10.4 Å². The zero-order chi connectivity index (χ0) is 19.1. The lowest BCUT2D eigenvalue weighted by Crippen LogP contribution is -2.57. The third-order valence-electron chi connectivity index (χ3n) is 9.96. The molecule has 6 aliphatic rings. The number of nitrogens with one attached hydrogen (secondary N) is 1. The molecule has 4 saturated carbocycles. The van der Waals surface area contributed by atoms with Crippen LogP contribution in [-0.2, 0) is 0 Å². The zero-order valence-electron chi connectivity index (χ0n) is 16.6. The van der Waals surface area contributed by atoms with Crippen molar-refractivity contribution < 1.29 is 0 Å². The van der Waals surface area contributed by atoms with Gasteiger partial charge in [0.05, 0.1) is 5.70 Å². The maximum absolute atomic E-state index is 4.56. The molecule has 1 N–H and O–H groups in total. The van der Waals surface area contributed by atoms with Crippen LogP contribution in [0.3, 0.4) is 0 Å². The van der Waals surface area contributed by atoms with Gasteiger partial charge in [0, 0.05) is 28.6 Å². The van der Waals surface area contributed by atoms with Gasteiger partial charge in [-0.2, -0.15) is 0 Å². The van der Waals surface area contributed by atoms with E-state index in [1.54, 1.807) is 0 Å². The summed E-state index contributed by atoms with van der Waals surface area (Å²) in [6, 6.07) is 10.3. The van der Waals surface area contributed by atoms with E-state index in [0.717, 1.165) is 23.1 Å². The van der Waals surface area contributed by atoms with Crippen LogP contribution in [0.25, 0.3) is 5.70 Å². The first-order valence-electron chi connectivity index (χ1n) is 10.8. The second kappa shape index (κ2) is 4.35. The van der Waals surface area contributed by atoms with Crippen molar-refractivity contribution in [2.75, 3.05) is 0 Å². The van der Waals surface area contributed by atoms with Crippen molar-refractivity contribution in [1.29, 1.82) is 0 Å². The number of nitrogens with zero attached hydrogens (tertiary/aromatic N) is 1. The molecule has 28 heavy (non-hydrogen) atoms. The Kier molecular flexibility index (Phi) is 2.43. The fraction of sp³-hybridized carbons (Fsp3) is 0.462. The Labute approximate surface area is 167 Å². The van der Waals surface area contributed by atoms with E-state index in [1.165, 1.54) is 30.7 Å². The number of rotatable bonds is 3. The van der Waals surface area contributed by atoms with Gasteiger partial charge in [0.15, 0.2) is 0 Å². The number of hydrogen-bond acceptors (Lipinski definition) is 2. The van der Waals surface area contributed by atoms with Crippen LogP contribution in [0.4, 0.5) is 0 Å². The Morgan fingerprint density at radius 2 is 1.82 bits per heavy atom. The summed E-state index contributed by atoms with van der Waals surface area (Å²) in [5.41, 5.74) is 9.79. The maximum Gasteiger partial charge on any atom is 0.0546 e. The van der Waals surface area contributed by atoms with Crippen LogP contribution in [0.15, 0.2) is 73.6 Å². The predicted octanol–water partition coefficient (Wildman–Crippen LogP) is 5.36. The minimum absolute atomic E-state index is 0.474. The van der Waals surface area contributed by atoms with E-state index in [0.29, 0.717) is 34.0 Å². The van der Waals surface area contributed by atoms with Gasteiger partial charge in [-0.05, 0) is 53.4 Å². The van der Waals surface area contributed by atoms with Crippen molar-refractivity contribution >= 4 is 5.70 Å². The van der Waals surface area contributed by atoms with Gasteiger partial charge in [-0.15, -0.1) is 0 Å². The number of allylic oxidation sites excluding steroid dienone is 4. The molecule has 8 unspecified atom stereocenters. The van der Waals surface area contributed by atoms with Crippen LogP contribution >= 0.6 is 0 Å². The van der Waals surface area contributed by atoms with E-state index >= 15 is 0 Å². The van der Waals surface area contributed by atoms with Crippen molar-refractivity contribution in [3.05, 3.63) is 79.2 Å². The number of hydrogen-bond donors (Lipinski definition) is 1. The van der Waals surface area contributed by atoms with Crippen LogP contribution in [0.1, 0.15) is 31.7 Å². The average molecular weight is 369 g/mol. The highest BCUT2D eigenvalue weighted by molar-refractivity contribution is 5.62. The molecule has 2 nitrogen and oxygen atoms in total. The summed E-state index contributed by atoms with van der Waals surface area (Å²) in [6.45, 7) is 15.8. The van der Waals surface area contributed by atoms with Gasteiger partial charge in [0.2, 0.25) is 0 Å². The lowest BCUT2D eigenvalue weighted by molar-refractivity contribution is -0.0741. The Morgan fingerprint density at radius 1 is 1.11 bits per heavy atom. The van der Waals surface area contributed by atoms with Gasteiger partial charge in [0.1, 0.15) is 0 Å². The van der Waals surface area contributed by atoms with Gasteiger partial charge in [-0.1, -0.05) is 69.1 Å². The van der Waals surface area contributed by atoms with Crippen molar-refractivity contribution in [3.63, 3.8) is 0 Å². The average Bonchev–Trinajstić information content (AvgIpc) is 3.48. The molecule has 0 bridgehead atoms. The second-order valence-electron chi connectivity index (χ2n) is 10.5. The molecule has 1 aromatic carbocycles. The number of benzene rings is 1. The summed E-state index contributed by atoms with van der Waals surface area (Å²) in [5.74, 6) is 3.45. The lowest BCUT2D eigenvalue weighted by atomic mass is 9.42.